The largest absolute Gasteiger partial charge is 0.494 e. The maximum absolute atomic E-state index is 12.2. The van der Waals surface area contributed by atoms with Crippen molar-refractivity contribution < 1.29 is 19.4 Å². The van der Waals surface area contributed by atoms with E-state index in [4.69, 9.17) is 10.5 Å². The lowest BCUT2D eigenvalue weighted by atomic mass is 10.1. The number of aliphatic hydroxyl groups is 1. The van der Waals surface area contributed by atoms with Crippen LogP contribution < -0.4 is 15.8 Å². The molecule has 4 N–H and O–H groups in total. The first-order valence-electron chi connectivity index (χ1n) is 8.91. The van der Waals surface area contributed by atoms with Crippen LogP contribution in [-0.2, 0) is 11.3 Å². The molecule has 26 heavy (non-hydrogen) atoms. The van der Waals surface area contributed by atoms with Crippen LogP contribution in [0.3, 0.4) is 0 Å². The average molecular weight is 364 g/mol. The van der Waals surface area contributed by atoms with Gasteiger partial charge in [0.25, 0.3) is 0 Å². The van der Waals surface area contributed by atoms with Crippen LogP contribution in [0.1, 0.15) is 18.9 Å². The molecule has 1 aliphatic rings. The maximum Gasteiger partial charge on any atom is 0.312 e. The van der Waals surface area contributed by atoms with E-state index >= 15 is 0 Å². The molecule has 1 heterocycles. The Morgan fingerprint density at radius 3 is 2.65 bits per heavy atom. The molecule has 8 heteroatoms. The van der Waals surface area contributed by atoms with Gasteiger partial charge in [0.05, 0.1) is 13.2 Å². The number of amides is 3. The van der Waals surface area contributed by atoms with Crippen molar-refractivity contribution in [1.29, 1.82) is 0 Å². The van der Waals surface area contributed by atoms with Gasteiger partial charge in [-0.25, -0.2) is 4.79 Å². The summed E-state index contributed by atoms with van der Waals surface area (Å²) in [4.78, 5) is 26.9. The van der Waals surface area contributed by atoms with Gasteiger partial charge < -0.3 is 25.8 Å². The summed E-state index contributed by atoms with van der Waals surface area (Å²) in [6, 6.07) is 7.34. The number of hydrogen-bond acceptors (Lipinski definition) is 5. The van der Waals surface area contributed by atoms with Crippen LogP contribution in [0.15, 0.2) is 24.3 Å². The Kier molecular flexibility index (Phi) is 7.68. The molecular weight excluding hydrogens is 336 g/mol. The van der Waals surface area contributed by atoms with E-state index in [9.17, 15) is 14.7 Å². The lowest BCUT2D eigenvalue weighted by molar-refractivity contribution is -0.133. The summed E-state index contributed by atoms with van der Waals surface area (Å²) in [5.74, 6) is 0.688. The monoisotopic (exact) mass is 364 g/mol. The Bertz CT molecular complexity index is 593. The van der Waals surface area contributed by atoms with E-state index in [0.717, 1.165) is 17.9 Å². The van der Waals surface area contributed by atoms with Crippen LogP contribution in [0.2, 0.25) is 0 Å². The van der Waals surface area contributed by atoms with Crippen molar-refractivity contribution in [3.63, 3.8) is 0 Å². The molecule has 1 fully saturated rings. The standard InChI is InChI=1S/C18H28N4O4/c1-2-26-16-5-3-14(4-6-16)12-21-8-9-22(13-15(21)7-10-23)17(24)11-20-18(19)25/h3-6,15,23H,2,7-13H2,1H3,(H3,19,20,25)/t15-/m0/s1. The number of ether oxygens (including phenoxy) is 1. The molecule has 0 aromatic heterocycles. The average Bonchev–Trinajstić information content (AvgIpc) is 2.63. The van der Waals surface area contributed by atoms with E-state index in [1.165, 1.54) is 0 Å². The zero-order chi connectivity index (χ0) is 18.9. The Balaban J connectivity index is 1.94. The number of carbonyl (C=O) groups is 2. The minimum Gasteiger partial charge on any atom is -0.494 e. The van der Waals surface area contributed by atoms with Crippen LogP contribution in [0.4, 0.5) is 4.79 Å². The van der Waals surface area contributed by atoms with Crippen molar-refractivity contribution >= 4 is 11.9 Å². The Hall–Kier alpha value is -2.32. The molecular formula is C18H28N4O4. The van der Waals surface area contributed by atoms with Gasteiger partial charge in [0.1, 0.15) is 5.75 Å². The summed E-state index contributed by atoms with van der Waals surface area (Å²) < 4.78 is 5.46. The minimum absolute atomic E-state index is 0.0615. The van der Waals surface area contributed by atoms with Crippen LogP contribution in [0, 0.1) is 0 Å². The van der Waals surface area contributed by atoms with Crippen molar-refractivity contribution in [1.82, 2.24) is 15.1 Å². The lowest BCUT2D eigenvalue weighted by Gasteiger charge is -2.41. The minimum atomic E-state index is -0.709. The van der Waals surface area contributed by atoms with Gasteiger partial charge in [-0.15, -0.1) is 0 Å². The zero-order valence-electron chi connectivity index (χ0n) is 15.2. The highest BCUT2D eigenvalue weighted by Crippen LogP contribution is 2.19. The quantitative estimate of drug-likeness (QED) is 0.608. The predicted octanol–water partition coefficient (Wildman–Crippen LogP) is 0.149. The first-order chi connectivity index (χ1) is 12.5. The molecule has 1 aliphatic heterocycles. The van der Waals surface area contributed by atoms with E-state index in [-0.39, 0.29) is 25.1 Å². The number of carbonyl (C=O) groups excluding carboxylic acids is 2. The van der Waals surface area contributed by atoms with Crippen LogP contribution in [0.25, 0.3) is 0 Å². The Morgan fingerprint density at radius 2 is 2.04 bits per heavy atom. The summed E-state index contributed by atoms with van der Waals surface area (Å²) in [5, 5.41) is 11.7. The van der Waals surface area contributed by atoms with Crippen molar-refractivity contribution in [2.45, 2.75) is 25.9 Å². The SMILES string of the molecule is CCOc1ccc(CN2CCN(C(=O)CNC(N)=O)C[C@@H]2CCO)cc1. The molecule has 1 aromatic rings. The highest BCUT2D eigenvalue weighted by molar-refractivity contribution is 5.83. The number of hydrogen-bond donors (Lipinski definition) is 3. The van der Waals surface area contributed by atoms with Gasteiger partial charge in [-0.1, -0.05) is 12.1 Å². The molecule has 0 unspecified atom stereocenters. The number of nitrogens with zero attached hydrogens (tertiary/aromatic N) is 2. The number of nitrogens with two attached hydrogens (primary N) is 1. The number of aliphatic hydroxyl groups excluding tert-OH is 1. The fourth-order valence-electron chi connectivity index (χ4n) is 3.12. The Morgan fingerprint density at radius 1 is 1.31 bits per heavy atom. The second kappa shape index (κ2) is 9.98. The molecule has 0 bridgehead atoms. The molecule has 144 valence electrons. The molecule has 0 saturated carbocycles. The van der Waals surface area contributed by atoms with E-state index in [1.807, 2.05) is 31.2 Å². The first kappa shape index (κ1) is 20.0. The summed E-state index contributed by atoms with van der Waals surface area (Å²) in [5.41, 5.74) is 6.17. The summed E-state index contributed by atoms with van der Waals surface area (Å²) >= 11 is 0. The third-order valence-electron chi connectivity index (χ3n) is 4.45. The molecule has 1 saturated heterocycles. The van der Waals surface area contributed by atoms with Gasteiger partial charge in [0.15, 0.2) is 0 Å². The van der Waals surface area contributed by atoms with Gasteiger partial charge >= 0.3 is 6.03 Å². The number of primary amides is 1. The maximum atomic E-state index is 12.2. The van der Waals surface area contributed by atoms with E-state index in [1.54, 1.807) is 4.90 Å². The van der Waals surface area contributed by atoms with E-state index in [2.05, 4.69) is 10.2 Å². The number of rotatable bonds is 8. The summed E-state index contributed by atoms with van der Waals surface area (Å²) in [6.45, 7) is 5.12. The van der Waals surface area contributed by atoms with Gasteiger partial charge in [-0.05, 0) is 31.0 Å². The third-order valence-corrected chi connectivity index (χ3v) is 4.45. The van der Waals surface area contributed by atoms with Gasteiger partial charge in [-0.3, -0.25) is 9.69 Å². The van der Waals surface area contributed by atoms with Crippen molar-refractivity contribution in [3.05, 3.63) is 29.8 Å². The fourth-order valence-corrected chi connectivity index (χ4v) is 3.12. The van der Waals surface area contributed by atoms with Crippen molar-refractivity contribution in [3.8, 4) is 5.75 Å². The molecule has 0 aliphatic carbocycles. The van der Waals surface area contributed by atoms with Crippen LogP contribution >= 0.6 is 0 Å². The normalized spacial score (nSPS) is 17.8. The molecule has 0 radical (unpaired) electrons. The molecule has 2 rings (SSSR count). The summed E-state index contributed by atoms with van der Waals surface area (Å²) in [6.07, 6.45) is 0.587. The van der Waals surface area contributed by atoms with Crippen LogP contribution in [0.5, 0.6) is 5.75 Å². The molecule has 1 atom stereocenters. The fraction of sp³-hybridized carbons (Fsp3) is 0.556. The Labute approximate surface area is 153 Å². The van der Waals surface area contributed by atoms with Gasteiger partial charge in [0.2, 0.25) is 5.91 Å². The zero-order valence-corrected chi connectivity index (χ0v) is 15.2. The molecule has 8 nitrogen and oxygen atoms in total. The van der Waals surface area contributed by atoms with Crippen molar-refractivity contribution in [2.24, 2.45) is 5.73 Å². The van der Waals surface area contributed by atoms with Gasteiger partial charge in [0, 0.05) is 38.8 Å². The second-order valence-corrected chi connectivity index (χ2v) is 6.27. The topological polar surface area (TPSA) is 108 Å². The van der Waals surface area contributed by atoms with E-state index in [0.29, 0.717) is 32.7 Å². The number of nitrogens with one attached hydrogen (secondary N) is 1. The number of piperazine rings is 1. The molecule has 0 spiro atoms. The predicted molar refractivity (Wildman–Crippen MR) is 97.7 cm³/mol. The molecule has 1 aromatic carbocycles. The van der Waals surface area contributed by atoms with Crippen LogP contribution in [-0.4, -0.2) is 72.3 Å². The number of benzene rings is 1. The van der Waals surface area contributed by atoms with Crippen molar-refractivity contribution in [2.75, 3.05) is 39.4 Å². The lowest BCUT2D eigenvalue weighted by Crippen LogP contribution is -2.56. The number of urea groups is 1. The third kappa shape index (κ3) is 5.89. The second-order valence-electron chi connectivity index (χ2n) is 6.27. The van der Waals surface area contributed by atoms with E-state index < -0.39 is 6.03 Å². The smallest absolute Gasteiger partial charge is 0.312 e. The van der Waals surface area contributed by atoms with Gasteiger partial charge in [-0.2, -0.15) is 0 Å². The highest BCUT2D eigenvalue weighted by Gasteiger charge is 2.29. The summed E-state index contributed by atoms with van der Waals surface area (Å²) in [7, 11) is 0. The molecule has 3 amide bonds. The highest BCUT2D eigenvalue weighted by atomic mass is 16.5. The first-order valence-corrected chi connectivity index (χ1v) is 8.91.